The summed E-state index contributed by atoms with van der Waals surface area (Å²) in [6.07, 6.45) is 8.29. The Bertz CT molecular complexity index is 632. The Morgan fingerprint density at radius 3 is 0.800 bits per heavy atom. The van der Waals surface area contributed by atoms with E-state index in [0.717, 1.165) is 38.7 Å². The van der Waals surface area contributed by atoms with Crippen LogP contribution in [0.15, 0.2) is 0 Å². The summed E-state index contributed by atoms with van der Waals surface area (Å²) in [5.41, 5.74) is 0. The largest absolute Gasteiger partial charge is 0.463 e. The van der Waals surface area contributed by atoms with E-state index < -0.39 is 0 Å². The van der Waals surface area contributed by atoms with E-state index in [2.05, 4.69) is 13.8 Å². The van der Waals surface area contributed by atoms with Gasteiger partial charge in [-0.25, -0.2) is 0 Å². The SMILES string of the molecule is CCCCCCC(=O)OCCOCCOCCOCCOCCOCCOCCOCCOCCOCCOCCOCCOCCCCC. The third kappa shape index (κ3) is 45.0. The zero-order valence-corrected chi connectivity index (χ0v) is 31.5. The third-order valence-corrected chi connectivity index (χ3v) is 6.71. The molecular weight excluding hydrogens is 656 g/mol. The fourth-order valence-electron chi connectivity index (χ4n) is 3.96. The molecule has 300 valence electrons. The molecule has 0 saturated carbocycles. The third-order valence-electron chi connectivity index (χ3n) is 6.71. The van der Waals surface area contributed by atoms with Crippen molar-refractivity contribution in [1.82, 2.24) is 0 Å². The Morgan fingerprint density at radius 2 is 0.520 bits per heavy atom. The Kier molecular flexibility index (Phi) is 45.1. The summed E-state index contributed by atoms with van der Waals surface area (Å²) in [4.78, 5) is 11.6. The molecule has 0 aromatic heterocycles. The Labute approximate surface area is 302 Å². The van der Waals surface area contributed by atoms with Crippen LogP contribution in [-0.2, 0) is 66.4 Å². The van der Waals surface area contributed by atoms with Gasteiger partial charge in [0, 0.05) is 13.0 Å². The first-order valence-corrected chi connectivity index (χ1v) is 18.9. The molecule has 0 N–H and O–H groups in total. The second kappa shape index (κ2) is 46.0. The fourth-order valence-corrected chi connectivity index (χ4v) is 3.96. The van der Waals surface area contributed by atoms with Crippen LogP contribution in [-0.4, -0.2) is 171 Å². The van der Waals surface area contributed by atoms with E-state index in [-0.39, 0.29) is 12.6 Å². The zero-order valence-electron chi connectivity index (χ0n) is 31.5. The molecule has 50 heavy (non-hydrogen) atoms. The van der Waals surface area contributed by atoms with Gasteiger partial charge in [0.1, 0.15) is 6.61 Å². The lowest BCUT2D eigenvalue weighted by Crippen LogP contribution is -2.15. The number of ether oxygens (including phenoxy) is 13. The first-order chi connectivity index (χ1) is 24.8. The maximum absolute atomic E-state index is 11.6. The number of carbonyl (C=O) groups excluding carboxylic acids is 1. The molecule has 0 fully saturated rings. The molecule has 0 atom stereocenters. The van der Waals surface area contributed by atoms with Crippen molar-refractivity contribution < 1.29 is 66.4 Å². The maximum Gasteiger partial charge on any atom is 0.305 e. The fraction of sp³-hybridized carbons (Fsp3) is 0.972. The Morgan fingerprint density at radius 1 is 0.280 bits per heavy atom. The van der Waals surface area contributed by atoms with Crippen molar-refractivity contribution in [3.05, 3.63) is 0 Å². The highest BCUT2D eigenvalue weighted by Gasteiger charge is 2.02. The van der Waals surface area contributed by atoms with Crippen LogP contribution in [0.1, 0.15) is 65.2 Å². The van der Waals surface area contributed by atoms with Crippen LogP contribution < -0.4 is 0 Å². The van der Waals surface area contributed by atoms with Crippen molar-refractivity contribution in [2.45, 2.75) is 65.2 Å². The summed E-state index contributed by atoms with van der Waals surface area (Å²) < 4.78 is 70.8. The molecule has 0 spiro atoms. The molecule has 0 unspecified atom stereocenters. The molecule has 0 aromatic carbocycles. The van der Waals surface area contributed by atoms with E-state index in [1.165, 1.54) is 12.8 Å². The van der Waals surface area contributed by atoms with Crippen LogP contribution in [0, 0.1) is 0 Å². The van der Waals surface area contributed by atoms with Crippen molar-refractivity contribution in [1.29, 1.82) is 0 Å². The van der Waals surface area contributed by atoms with Gasteiger partial charge in [-0.15, -0.1) is 0 Å². The van der Waals surface area contributed by atoms with Crippen LogP contribution in [0.4, 0.5) is 0 Å². The van der Waals surface area contributed by atoms with E-state index in [9.17, 15) is 4.79 Å². The quantitative estimate of drug-likeness (QED) is 0.0662. The van der Waals surface area contributed by atoms with Crippen LogP contribution in [0.25, 0.3) is 0 Å². The lowest BCUT2D eigenvalue weighted by molar-refractivity contribution is -0.145. The van der Waals surface area contributed by atoms with Crippen LogP contribution in [0.2, 0.25) is 0 Å². The molecule has 14 nitrogen and oxygen atoms in total. The second-order valence-corrected chi connectivity index (χ2v) is 11.1. The van der Waals surface area contributed by atoms with Gasteiger partial charge in [0.15, 0.2) is 0 Å². The lowest BCUT2D eigenvalue weighted by Gasteiger charge is -2.09. The highest BCUT2D eigenvalue weighted by Crippen LogP contribution is 2.03. The number of esters is 1. The van der Waals surface area contributed by atoms with Gasteiger partial charge in [-0.2, -0.15) is 0 Å². The molecule has 0 bridgehead atoms. The van der Waals surface area contributed by atoms with Gasteiger partial charge >= 0.3 is 5.97 Å². The summed E-state index contributed by atoms with van der Waals surface area (Å²) in [7, 11) is 0. The smallest absolute Gasteiger partial charge is 0.305 e. The minimum absolute atomic E-state index is 0.152. The highest BCUT2D eigenvalue weighted by atomic mass is 16.6. The second-order valence-electron chi connectivity index (χ2n) is 11.1. The van der Waals surface area contributed by atoms with E-state index >= 15 is 0 Å². The molecule has 0 radical (unpaired) electrons. The summed E-state index contributed by atoms with van der Waals surface area (Å²) in [6, 6.07) is 0. The highest BCUT2D eigenvalue weighted by molar-refractivity contribution is 5.69. The van der Waals surface area contributed by atoms with Crippen molar-refractivity contribution in [3.8, 4) is 0 Å². The molecule has 0 aliphatic heterocycles. The van der Waals surface area contributed by atoms with Crippen molar-refractivity contribution in [2.24, 2.45) is 0 Å². The monoisotopic (exact) mass is 728 g/mol. The van der Waals surface area contributed by atoms with Crippen LogP contribution in [0.3, 0.4) is 0 Å². The van der Waals surface area contributed by atoms with Crippen molar-refractivity contribution in [3.63, 3.8) is 0 Å². The molecule has 0 aliphatic carbocycles. The molecule has 0 aromatic rings. The van der Waals surface area contributed by atoms with E-state index in [0.29, 0.717) is 158 Å². The van der Waals surface area contributed by atoms with Crippen LogP contribution >= 0.6 is 0 Å². The normalized spacial score (nSPS) is 11.5. The van der Waals surface area contributed by atoms with E-state index in [1.807, 2.05) is 0 Å². The molecule has 0 aliphatic rings. The van der Waals surface area contributed by atoms with Gasteiger partial charge in [-0.3, -0.25) is 4.79 Å². The van der Waals surface area contributed by atoms with Gasteiger partial charge < -0.3 is 61.6 Å². The maximum atomic E-state index is 11.6. The molecule has 0 saturated heterocycles. The number of carbonyl (C=O) groups is 1. The lowest BCUT2D eigenvalue weighted by atomic mass is 10.2. The molecular formula is C36H72O14. The standard InChI is InChI=1S/C36H72O14/c1-3-5-7-8-10-36(37)50-35-34-49-33-32-48-31-30-47-29-28-46-27-26-45-25-24-44-23-22-43-21-20-42-19-18-41-17-16-40-15-14-39-13-12-38-11-9-6-4-2/h3-35H2,1-2H3. The van der Waals surface area contributed by atoms with E-state index in [1.54, 1.807) is 0 Å². The number of unbranched alkanes of at least 4 members (excludes halogenated alkanes) is 5. The molecule has 14 heteroatoms. The average molecular weight is 729 g/mol. The summed E-state index contributed by atoms with van der Waals surface area (Å²) in [5, 5.41) is 0. The minimum Gasteiger partial charge on any atom is -0.463 e. The zero-order chi connectivity index (χ0) is 36.1. The van der Waals surface area contributed by atoms with Crippen molar-refractivity contribution >= 4 is 5.97 Å². The minimum atomic E-state index is -0.152. The average Bonchev–Trinajstić information content (AvgIpc) is 3.12. The number of rotatable bonds is 45. The predicted octanol–water partition coefficient (Wildman–Crippen LogP) is 3.89. The molecule has 0 heterocycles. The first kappa shape index (κ1) is 49.0. The molecule has 0 amide bonds. The summed E-state index contributed by atoms with van der Waals surface area (Å²) in [5.74, 6) is -0.152. The van der Waals surface area contributed by atoms with Gasteiger partial charge in [-0.1, -0.05) is 46.0 Å². The van der Waals surface area contributed by atoms with Gasteiger partial charge in [0.2, 0.25) is 0 Å². The van der Waals surface area contributed by atoms with Gasteiger partial charge in [-0.05, 0) is 12.8 Å². The van der Waals surface area contributed by atoms with Gasteiger partial charge in [0.25, 0.3) is 0 Å². The van der Waals surface area contributed by atoms with Gasteiger partial charge in [0.05, 0.1) is 152 Å². The summed E-state index contributed by atoms with van der Waals surface area (Å²) in [6.45, 7) is 17.2. The predicted molar refractivity (Wildman–Crippen MR) is 189 cm³/mol. The summed E-state index contributed by atoms with van der Waals surface area (Å²) >= 11 is 0. The number of hydrogen-bond acceptors (Lipinski definition) is 14. The van der Waals surface area contributed by atoms with Crippen molar-refractivity contribution in [2.75, 3.05) is 165 Å². The molecule has 0 rings (SSSR count). The number of hydrogen-bond donors (Lipinski definition) is 0. The first-order valence-electron chi connectivity index (χ1n) is 18.9. The van der Waals surface area contributed by atoms with Crippen LogP contribution in [0.5, 0.6) is 0 Å². The Balaban J connectivity index is 3.08. The topological polar surface area (TPSA) is 137 Å². The Hall–Kier alpha value is -1.01. The van der Waals surface area contributed by atoms with E-state index in [4.69, 9.17) is 61.6 Å².